The van der Waals surface area contributed by atoms with E-state index in [1.54, 1.807) is 24.3 Å². The van der Waals surface area contributed by atoms with E-state index in [2.05, 4.69) is 5.18 Å². The van der Waals surface area contributed by atoms with E-state index in [1.165, 1.54) is 0 Å². The van der Waals surface area contributed by atoms with Gasteiger partial charge in [-0.2, -0.15) is 4.91 Å². The molecule has 0 N–H and O–H groups in total. The fourth-order valence-electron chi connectivity index (χ4n) is 0.774. The highest BCUT2D eigenvalue weighted by atomic mass is 16.3. The minimum absolute atomic E-state index is 0.236. The van der Waals surface area contributed by atoms with Gasteiger partial charge in [0.05, 0.1) is 0 Å². The maximum Gasteiger partial charge on any atom is 0.187 e. The van der Waals surface area contributed by atoms with E-state index in [0.717, 1.165) is 0 Å². The van der Waals surface area contributed by atoms with Crippen molar-refractivity contribution in [2.75, 3.05) is 6.54 Å². The summed E-state index contributed by atoms with van der Waals surface area (Å²) < 4.78 is 0. The third-order valence-electron chi connectivity index (χ3n) is 1.30. The molecule has 0 atom stereocenters. The molecule has 1 aromatic carbocycles. The first-order valence-corrected chi connectivity index (χ1v) is 3.22. The van der Waals surface area contributed by atoms with Gasteiger partial charge in [0.1, 0.15) is 6.54 Å². The van der Waals surface area contributed by atoms with E-state index in [-0.39, 0.29) is 12.3 Å². The fourth-order valence-corrected chi connectivity index (χ4v) is 0.774. The van der Waals surface area contributed by atoms with Crippen molar-refractivity contribution in [3.05, 3.63) is 40.8 Å². The fraction of sp³-hybridized carbons (Fsp3) is 0.125. The topological polar surface area (TPSA) is 46.5 Å². The number of ketones is 1. The Morgan fingerprint density at radius 2 is 1.91 bits per heavy atom. The lowest BCUT2D eigenvalue weighted by molar-refractivity contribution is 0.100. The van der Waals surface area contributed by atoms with Crippen molar-refractivity contribution in [3.8, 4) is 0 Å². The van der Waals surface area contributed by atoms with Gasteiger partial charge in [0.2, 0.25) is 0 Å². The number of hydrogen-bond acceptors (Lipinski definition) is 3. The van der Waals surface area contributed by atoms with Crippen LogP contribution in [0.4, 0.5) is 0 Å². The van der Waals surface area contributed by atoms with Gasteiger partial charge in [-0.25, -0.2) is 0 Å². The van der Waals surface area contributed by atoms with Crippen LogP contribution in [0.3, 0.4) is 0 Å². The van der Waals surface area contributed by atoms with Crippen LogP contribution in [0.5, 0.6) is 0 Å². The molecule has 11 heavy (non-hydrogen) atoms. The van der Waals surface area contributed by atoms with Gasteiger partial charge in [0, 0.05) is 5.56 Å². The van der Waals surface area contributed by atoms with Crippen LogP contribution < -0.4 is 0 Å². The van der Waals surface area contributed by atoms with Crippen molar-refractivity contribution in [2.24, 2.45) is 5.18 Å². The zero-order valence-electron chi connectivity index (χ0n) is 5.86. The first-order valence-electron chi connectivity index (χ1n) is 3.22. The van der Waals surface area contributed by atoms with Crippen molar-refractivity contribution >= 4 is 5.78 Å². The normalized spacial score (nSPS) is 9.09. The first kappa shape index (κ1) is 7.60. The Morgan fingerprint density at radius 1 is 1.27 bits per heavy atom. The number of carbonyl (C=O) groups is 1. The molecule has 0 saturated carbocycles. The smallest absolute Gasteiger partial charge is 0.187 e. The molecule has 56 valence electrons. The van der Waals surface area contributed by atoms with E-state index in [9.17, 15) is 9.70 Å². The molecule has 0 bridgehead atoms. The van der Waals surface area contributed by atoms with E-state index in [1.807, 2.05) is 6.07 Å². The van der Waals surface area contributed by atoms with Crippen LogP contribution >= 0.6 is 0 Å². The Bertz CT molecular complexity index is 256. The van der Waals surface area contributed by atoms with Crippen LogP contribution in [-0.4, -0.2) is 12.3 Å². The van der Waals surface area contributed by atoms with Gasteiger partial charge < -0.3 is 0 Å². The molecule has 3 nitrogen and oxygen atoms in total. The summed E-state index contributed by atoms with van der Waals surface area (Å²) in [6.07, 6.45) is 0. The standard InChI is InChI=1S/C8H7NO2/c10-8(6-9-11)7-4-2-1-3-5-7/h1-5H,6H2. The second kappa shape index (κ2) is 3.61. The van der Waals surface area contributed by atoms with Gasteiger partial charge in [0.25, 0.3) is 0 Å². The number of benzene rings is 1. The summed E-state index contributed by atoms with van der Waals surface area (Å²) >= 11 is 0. The summed E-state index contributed by atoms with van der Waals surface area (Å²) in [5.41, 5.74) is 0.534. The van der Waals surface area contributed by atoms with Crippen molar-refractivity contribution in [1.29, 1.82) is 0 Å². The summed E-state index contributed by atoms with van der Waals surface area (Å²) in [4.78, 5) is 20.7. The van der Waals surface area contributed by atoms with E-state index >= 15 is 0 Å². The molecule has 0 aliphatic carbocycles. The Morgan fingerprint density at radius 3 is 2.45 bits per heavy atom. The molecule has 0 unspecified atom stereocenters. The van der Waals surface area contributed by atoms with E-state index in [0.29, 0.717) is 5.56 Å². The lowest BCUT2D eigenvalue weighted by Crippen LogP contribution is -2.01. The number of carbonyl (C=O) groups excluding carboxylic acids is 1. The Labute approximate surface area is 64.0 Å². The predicted octanol–water partition coefficient (Wildman–Crippen LogP) is 1.64. The quantitative estimate of drug-likeness (QED) is 0.484. The van der Waals surface area contributed by atoms with Gasteiger partial charge in [-0.1, -0.05) is 35.5 Å². The lowest BCUT2D eigenvalue weighted by atomic mass is 10.1. The molecular formula is C8H7NO2. The molecule has 0 spiro atoms. The molecule has 0 aromatic heterocycles. The molecule has 0 aliphatic heterocycles. The first-order chi connectivity index (χ1) is 5.34. The molecule has 1 rings (SSSR count). The van der Waals surface area contributed by atoms with Crippen LogP contribution in [0.15, 0.2) is 35.5 Å². The molecule has 3 heteroatoms. The zero-order valence-corrected chi connectivity index (χ0v) is 5.86. The highest BCUT2D eigenvalue weighted by Crippen LogP contribution is 1.99. The highest BCUT2D eigenvalue weighted by Gasteiger charge is 2.02. The number of nitrogens with zero attached hydrogens (tertiary/aromatic N) is 1. The van der Waals surface area contributed by atoms with Gasteiger partial charge in [-0.05, 0) is 0 Å². The third-order valence-corrected chi connectivity index (χ3v) is 1.30. The van der Waals surface area contributed by atoms with Crippen molar-refractivity contribution in [3.63, 3.8) is 0 Å². The summed E-state index contributed by atoms with van der Waals surface area (Å²) in [5.74, 6) is -0.236. The molecule has 0 radical (unpaired) electrons. The summed E-state index contributed by atoms with van der Waals surface area (Å²) in [7, 11) is 0. The van der Waals surface area contributed by atoms with Crippen molar-refractivity contribution in [1.82, 2.24) is 0 Å². The zero-order chi connectivity index (χ0) is 8.10. The van der Waals surface area contributed by atoms with Crippen molar-refractivity contribution < 1.29 is 4.79 Å². The Kier molecular flexibility index (Phi) is 2.49. The van der Waals surface area contributed by atoms with E-state index in [4.69, 9.17) is 0 Å². The van der Waals surface area contributed by atoms with Gasteiger partial charge in [0.15, 0.2) is 5.78 Å². The second-order valence-electron chi connectivity index (χ2n) is 2.08. The molecule has 0 aliphatic rings. The molecular weight excluding hydrogens is 142 g/mol. The highest BCUT2D eigenvalue weighted by molar-refractivity contribution is 5.97. The minimum Gasteiger partial charge on any atom is -0.292 e. The lowest BCUT2D eigenvalue weighted by Gasteiger charge is -1.92. The van der Waals surface area contributed by atoms with Crippen LogP contribution in [0, 0.1) is 4.91 Å². The van der Waals surface area contributed by atoms with Crippen molar-refractivity contribution in [2.45, 2.75) is 0 Å². The van der Waals surface area contributed by atoms with Crippen LogP contribution in [0.1, 0.15) is 10.4 Å². The summed E-state index contributed by atoms with van der Waals surface area (Å²) in [5, 5.41) is 2.51. The average Bonchev–Trinajstić information content (AvgIpc) is 2.07. The molecule has 1 aromatic rings. The average molecular weight is 149 g/mol. The number of Topliss-reactive ketones (excluding diaryl/α,β-unsaturated/α-hetero) is 1. The van der Waals surface area contributed by atoms with Gasteiger partial charge in [-0.15, -0.1) is 0 Å². The van der Waals surface area contributed by atoms with E-state index < -0.39 is 0 Å². The number of hydrogen-bond donors (Lipinski definition) is 0. The second-order valence-corrected chi connectivity index (χ2v) is 2.08. The van der Waals surface area contributed by atoms with Crippen LogP contribution in [-0.2, 0) is 0 Å². The third kappa shape index (κ3) is 1.97. The Balaban J connectivity index is 2.77. The SMILES string of the molecule is O=NCC(=O)c1ccccc1. The maximum absolute atomic E-state index is 11.0. The molecule has 0 heterocycles. The largest absolute Gasteiger partial charge is 0.292 e. The predicted molar refractivity (Wildman–Crippen MR) is 41.4 cm³/mol. The van der Waals surface area contributed by atoms with Crippen LogP contribution in [0.2, 0.25) is 0 Å². The molecule has 0 amide bonds. The number of nitroso groups, excluding NO2 is 1. The molecule has 0 saturated heterocycles. The Hall–Kier alpha value is -1.51. The molecule has 0 fully saturated rings. The number of rotatable bonds is 3. The monoisotopic (exact) mass is 149 g/mol. The van der Waals surface area contributed by atoms with Gasteiger partial charge in [-0.3, -0.25) is 4.79 Å². The van der Waals surface area contributed by atoms with Gasteiger partial charge >= 0.3 is 0 Å². The maximum atomic E-state index is 11.0. The van der Waals surface area contributed by atoms with Crippen LogP contribution in [0.25, 0.3) is 0 Å². The minimum atomic E-state index is -0.274. The summed E-state index contributed by atoms with van der Waals surface area (Å²) in [6, 6.07) is 8.63. The summed E-state index contributed by atoms with van der Waals surface area (Å²) in [6.45, 7) is -0.274.